The van der Waals surface area contributed by atoms with Crippen LogP contribution in [0.25, 0.3) is 0 Å². The lowest BCUT2D eigenvalue weighted by atomic mass is 10.1. The summed E-state index contributed by atoms with van der Waals surface area (Å²) in [6.45, 7) is 0.605. The number of primary amides is 2. The van der Waals surface area contributed by atoms with Crippen LogP contribution in [-0.2, 0) is 14.6 Å². The Morgan fingerprint density at radius 1 is 1.36 bits per heavy atom. The van der Waals surface area contributed by atoms with E-state index in [0.29, 0.717) is 30.7 Å². The van der Waals surface area contributed by atoms with Crippen LogP contribution in [-0.4, -0.2) is 61.8 Å². The van der Waals surface area contributed by atoms with Crippen molar-refractivity contribution in [3.63, 3.8) is 0 Å². The summed E-state index contributed by atoms with van der Waals surface area (Å²) in [7, 11) is -3.69. The van der Waals surface area contributed by atoms with E-state index in [9.17, 15) is 22.8 Å². The first kappa shape index (κ1) is 18.9. The first-order valence-corrected chi connectivity index (χ1v) is 9.81. The molecule has 1 unspecified atom stereocenters. The van der Waals surface area contributed by atoms with Crippen LogP contribution in [0.5, 0.6) is 0 Å². The predicted octanol–water partition coefficient (Wildman–Crippen LogP) is -0.263. The molecule has 25 heavy (non-hydrogen) atoms. The lowest BCUT2D eigenvalue weighted by Crippen LogP contribution is -2.46. The molecular weight excluding hydrogens is 374 g/mol. The van der Waals surface area contributed by atoms with Gasteiger partial charge in [-0.25, -0.2) is 27.8 Å². The van der Waals surface area contributed by atoms with Crippen LogP contribution in [0.2, 0.25) is 0 Å². The number of sulfone groups is 1. The number of hydrogen-bond acceptors (Lipinski definition) is 8. The molecule has 1 atom stereocenters. The van der Waals surface area contributed by atoms with Crippen LogP contribution in [0.4, 0.5) is 15.4 Å². The molecular formula is C12H17N5O6S2. The van der Waals surface area contributed by atoms with Gasteiger partial charge in [0.05, 0.1) is 6.54 Å². The number of carbonyl (C=O) groups is 3. The molecule has 0 saturated carbocycles. The van der Waals surface area contributed by atoms with Gasteiger partial charge in [0, 0.05) is 12.8 Å². The van der Waals surface area contributed by atoms with Gasteiger partial charge < -0.3 is 21.1 Å². The van der Waals surface area contributed by atoms with E-state index in [-0.39, 0.29) is 21.6 Å². The molecule has 1 aliphatic rings. The van der Waals surface area contributed by atoms with Gasteiger partial charge in [-0.3, -0.25) is 5.32 Å². The van der Waals surface area contributed by atoms with Crippen molar-refractivity contribution in [2.24, 2.45) is 11.5 Å². The second-order valence-electron chi connectivity index (χ2n) is 5.37. The Balaban J connectivity index is 2.21. The summed E-state index contributed by atoms with van der Waals surface area (Å²) < 4.78 is 28.2. The second-order valence-corrected chi connectivity index (χ2v) is 8.56. The number of hydrogen-bond donors (Lipinski definition) is 3. The molecule has 1 aromatic rings. The van der Waals surface area contributed by atoms with Crippen molar-refractivity contribution in [1.82, 2.24) is 9.88 Å². The molecule has 0 radical (unpaired) electrons. The topological polar surface area (TPSA) is 175 Å². The Labute approximate surface area is 147 Å². The molecule has 1 fully saturated rings. The van der Waals surface area contributed by atoms with E-state index < -0.39 is 34.0 Å². The zero-order valence-corrected chi connectivity index (χ0v) is 14.9. The molecule has 5 N–H and O–H groups in total. The van der Waals surface area contributed by atoms with E-state index in [1.54, 1.807) is 0 Å². The van der Waals surface area contributed by atoms with Gasteiger partial charge in [-0.05, 0) is 12.8 Å². The maximum Gasteiger partial charge on any atom is 0.352 e. The minimum absolute atomic E-state index is 0.136. The fraction of sp³-hybridized carbons (Fsp3) is 0.500. The number of amides is 4. The van der Waals surface area contributed by atoms with Crippen molar-refractivity contribution in [3.05, 3.63) is 4.88 Å². The van der Waals surface area contributed by atoms with Gasteiger partial charge in [0.2, 0.25) is 14.2 Å². The quantitative estimate of drug-likeness (QED) is 0.592. The summed E-state index contributed by atoms with van der Waals surface area (Å²) >= 11 is 0.563. The second kappa shape index (κ2) is 7.23. The van der Waals surface area contributed by atoms with Crippen molar-refractivity contribution in [3.8, 4) is 0 Å². The SMILES string of the molecule is CS(=O)(=O)c1nc(NC(N)=O)c(C(=O)OC2CCCN(C(N)=O)C2)s1. The molecule has 2 rings (SSSR count). The minimum atomic E-state index is -3.69. The van der Waals surface area contributed by atoms with E-state index in [4.69, 9.17) is 16.2 Å². The smallest absolute Gasteiger partial charge is 0.352 e. The monoisotopic (exact) mass is 391 g/mol. The number of esters is 1. The van der Waals surface area contributed by atoms with Crippen LogP contribution in [0.15, 0.2) is 4.34 Å². The summed E-state index contributed by atoms with van der Waals surface area (Å²) in [6, 6.07) is -1.62. The highest BCUT2D eigenvalue weighted by molar-refractivity contribution is 7.92. The zero-order chi connectivity index (χ0) is 18.8. The van der Waals surface area contributed by atoms with Crippen molar-refractivity contribution in [2.75, 3.05) is 24.7 Å². The van der Waals surface area contributed by atoms with Gasteiger partial charge >= 0.3 is 18.0 Å². The third-order valence-electron chi connectivity index (χ3n) is 3.32. The molecule has 1 aromatic heterocycles. The van der Waals surface area contributed by atoms with E-state index >= 15 is 0 Å². The summed E-state index contributed by atoms with van der Waals surface area (Å²) in [5.41, 5.74) is 10.2. The highest BCUT2D eigenvalue weighted by Crippen LogP contribution is 2.28. The number of carbonyl (C=O) groups excluding carboxylic acids is 3. The van der Waals surface area contributed by atoms with Gasteiger partial charge in [0.25, 0.3) is 0 Å². The largest absolute Gasteiger partial charge is 0.456 e. The lowest BCUT2D eigenvalue weighted by molar-refractivity contribution is 0.0134. The molecule has 2 heterocycles. The number of nitrogens with zero attached hydrogens (tertiary/aromatic N) is 2. The maximum absolute atomic E-state index is 12.4. The standard InChI is InChI=1S/C12H17N5O6S2/c1-25(21,22)12-16-8(15-10(13)19)7(24-12)9(18)23-6-3-2-4-17(5-6)11(14)20/h6H,2-5H2,1H3,(H2,14,20)(H3,13,15,19). The average molecular weight is 391 g/mol. The Morgan fingerprint density at radius 2 is 2.04 bits per heavy atom. The third kappa shape index (κ3) is 4.79. The summed E-state index contributed by atoms with van der Waals surface area (Å²) in [5, 5.41) is 2.10. The van der Waals surface area contributed by atoms with Crippen molar-refractivity contribution >= 4 is 45.0 Å². The molecule has 0 aliphatic carbocycles. The summed E-state index contributed by atoms with van der Waals surface area (Å²) in [4.78, 5) is 39.5. The Hall–Kier alpha value is -2.41. The normalized spacial score (nSPS) is 17.8. The molecule has 11 nitrogen and oxygen atoms in total. The Morgan fingerprint density at radius 3 is 2.60 bits per heavy atom. The van der Waals surface area contributed by atoms with Crippen molar-refractivity contribution < 1.29 is 27.5 Å². The number of likely N-dealkylation sites (tertiary alicyclic amines) is 1. The zero-order valence-electron chi connectivity index (χ0n) is 13.2. The Bertz CT molecular complexity index is 805. The lowest BCUT2D eigenvalue weighted by Gasteiger charge is -2.30. The van der Waals surface area contributed by atoms with Crippen molar-refractivity contribution in [2.45, 2.75) is 23.3 Å². The predicted molar refractivity (Wildman–Crippen MR) is 88.0 cm³/mol. The number of nitrogens with two attached hydrogens (primary N) is 2. The highest BCUT2D eigenvalue weighted by atomic mass is 32.2. The van der Waals surface area contributed by atoms with Crippen LogP contribution in [0.1, 0.15) is 22.5 Å². The van der Waals surface area contributed by atoms with E-state index in [1.807, 2.05) is 0 Å². The number of ether oxygens (including phenoxy) is 1. The van der Waals surface area contributed by atoms with E-state index in [2.05, 4.69) is 10.3 Å². The van der Waals surface area contributed by atoms with Gasteiger partial charge in [0.15, 0.2) is 10.7 Å². The molecule has 4 amide bonds. The molecule has 13 heteroatoms. The van der Waals surface area contributed by atoms with Crippen molar-refractivity contribution in [1.29, 1.82) is 0 Å². The van der Waals surface area contributed by atoms with E-state index in [1.165, 1.54) is 4.90 Å². The van der Waals surface area contributed by atoms with Crippen LogP contribution >= 0.6 is 11.3 Å². The Kier molecular flexibility index (Phi) is 5.47. The van der Waals surface area contributed by atoms with Gasteiger partial charge in [-0.15, -0.1) is 0 Å². The number of urea groups is 2. The van der Waals surface area contributed by atoms with E-state index in [0.717, 1.165) is 6.26 Å². The first-order valence-electron chi connectivity index (χ1n) is 7.10. The van der Waals surface area contributed by atoms with Crippen LogP contribution < -0.4 is 16.8 Å². The van der Waals surface area contributed by atoms with Crippen LogP contribution in [0, 0.1) is 0 Å². The molecule has 1 saturated heterocycles. The molecule has 0 spiro atoms. The number of piperidine rings is 1. The fourth-order valence-electron chi connectivity index (χ4n) is 2.24. The number of aromatic nitrogens is 1. The third-order valence-corrected chi connectivity index (χ3v) is 6.03. The number of thiazole rings is 1. The number of anilines is 1. The number of rotatable bonds is 4. The highest BCUT2D eigenvalue weighted by Gasteiger charge is 2.29. The molecule has 1 aliphatic heterocycles. The van der Waals surface area contributed by atoms with Gasteiger partial charge in [0.1, 0.15) is 6.10 Å². The van der Waals surface area contributed by atoms with Crippen LogP contribution in [0.3, 0.4) is 0 Å². The fourth-order valence-corrected chi connectivity index (χ4v) is 3.99. The maximum atomic E-state index is 12.4. The molecule has 0 bridgehead atoms. The minimum Gasteiger partial charge on any atom is -0.456 e. The molecule has 0 aromatic carbocycles. The van der Waals surface area contributed by atoms with Gasteiger partial charge in [-0.2, -0.15) is 0 Å². The van der Waals surface area contributed by atoms with Gasteiger partial charge in [-0.1, -0.05) is 11.3 Å². The summed E-state index contributed by atoms with van der Waals surface area (Å²) in [5.74, 6) is -1.15. The number of nitrogens with one attached hydrogen (secondary N) is 1. The summed E-state index contributed by atoms with van der Waals surface area (Å²) in [6.07, 6.45) is 1.44. The molecule has 138 valence electrons. The average Bonchev–Trinajstić information content (AvgIpc) is 2.90. The first-order chi connectivity index (χ1) is 11.6.